The van der Waals surface area contributed by atoms with Crippen LogP contribution in [0.15, 0.2) is 40.6 Å². The van der Waals surface area contributed by atoms with Gasteiger partial charge in [-0.3, -0.25) is 4.68 Å². The number of hydrogen-bond donors (Lipinski definition) is 1. The average molecular weight is 248 g/mol. The van der Waals surface area contributed by atoms with Crippen molar-refractivity contribution in [1.82, 2.24) is 20.1 Å². The number of pyridine rings is 1. The molecule has 0 aliphatic heterocycles. The maximum atomic E-state index is 4.42. The molecule has 0 spiro atoms. The van der Waals surface area contributed by atoms with Gasteiger partial charge in [0.1, 0.15) is 5.03 Å². The topological polar surface area (TPSA) is 42.7 Å². The molecule has 0 atom stereocenters. The molecule has 0 saturated heterocycles. The van der Waals surface area contributed by atoms with E-state index >= 15 is 0 Å². The molecule has 0 saturated carbocycles. The van der Waals surface area contributed by atoms with E-state index in [0.29, 0.717) is 0 Å². The smallest absolute Gasteiger partial charge is 0.105 e. The highest BCUT2D eigenvalue weighted by molar-refractivity contribution is 7.99. The van der Waals surface area contributed by atoms with Crippen LogP contribution in [0, 0.1) is 0 Å². The van der Waals surface area contributed by atoms with Crippen molar-refractivity contribution < 1.29 is 0 Å². The van der Waals surface area contributed by atoms with Crippen LogP contribution in [0.4, 0.5) is 0 Å². The predicted molar refractivity (Wildman–Crippen MR) is 68.9 cm³/mol. The summed E-state index contributed by atoms with van der Waals surface area (Å²) in [4.78, 5) is 5.54. The molecule has 90 valence electrons. The fraction of sp³-hybridized carbons (Fsp3) is 0.333. The van der Waals surface area contributed by atoms with Crippen molar-refractivity contribution in [3.8, 4) is 0 Å². The number of aryl methyl sites for hydroxylation is 1. The zero-order valence-corrected chi connectivity index (χ0v) is 10.9. The fourth-order valence-electron chi connectivity index (χ4n) is 1.47. The summed E-state index contributed by atoms with van der Waals surface area (Å²) >= 11 is 1.65. The molecular formula is C12H16N4S. The third-order valence-electron chi connectivity index (χ3n) is 2.31. The third kappa shape index (κ3) is 3.31. The molecule has 4 nitrogen and oxygen atoms in total. The van der Waals surface area contributed by atoms with Crippen LogP contribution in [-0.2, 0) is 13.6 Å². The summed E-state index contributed by atoms with van der Waals surface area (Å²) in [5, 5.41) is 8.52. The Morgan fingerprint density at radius 3 is 3.06 bits per heavy atom. The Balaban J connectivity index is 2.14. The van der Waals surface area contributed by atoms with Gasteiger partial charge in [0.25, 0.3) is 0 Å². The van der Waals surface area contributed by atoms with Gasteiger partial charge in [0.05, 0.1) is 11.1 Å². The second-order valence-corrected chi connectivity index (χ2v) is 4.76. The summed E-state index contributed by atoms with van der Waals surface area (Å²) in [6.07, 6.45) is 5.68. The first-order valence-corrected chi connectivity index (χ1v) is 6.42. The molecule has 2 aromatic heterocycles. The van der Waals surface area contributed by atoms with E-state index in [2.05, 4.69) is 28.4 Å². The molecule has 2 rings (SSSR count). The van der Waals surface area contributed by atoms with E-state index in [1.807, 2.05) is 31.7 Å². The van der Waals surface area contributed by atoms with E-state index in [1.54, 1.807) is 16.4 Å². The van der Waals surface area contributed by atoms with Crippen LogP contribution in [0.2, 0.25) is 0 Å². The maximum absolute atomic E-state index is 4.42. The third-order valence-corrected chi connectivity index (χ3v) is 3.32. The van der Waals surface area contributed by atoms with Gasteiger partial charge in [-0.25, -0.2) is 4.98 Å². The Morgan fingerprint density at radius 1 is 1.47 bits per heavy atom. The maximum Gasteiger partial charge on any atom is 0.105 e. The van der Waals surface area contributed by atoms with Crippen LogP contribution in [-0.4, -0.2) is 21.3 Å². The lowest BCUT2D eigenvalue weighted by Crippen LogP contribution is -2.12. The van der Waals surface area contributed by atoms with Crippen molar-refractivity contribution >= 4 is 11.8 Å². The standard InChI is InChI=1S/C12H16N4S/c1-3-13-7-10-5-4-6-14-12(10)17-11-8-15-16(2)9-11/h4-6,8-9,13H,3,7H2,1-2H3. The molecule has 0 aromatic carbocycles. The summed E-state index contributed by atoms with van der Waals surface area (Å²) in [6.45, 7) is 3.92. The summed E-state index contributed by atoms with van der Waals surface area (Å²) in [7, 11) is 1.92. The lowest BCUT2D eigenvalue weighted by atomic mass is 10.3. The van der Waals surface area contributed by atoms with Crippen LogP contribution in [0.1, 0.15) is 12.5 Å². The highest BCUT2D eigenvalue weighted by atomic mass is 32.2. The van der Waals surface area contributed by atoms with Crippen LogP contribution in [0.25, 0.3) is 0 Å². The summed E-state index contributed by atoms with van der Waals surface area (Å²) in [6, 6.07) is 4.08. The van der Waals surface area contributed by atoms with Crippen molar-refractivity contribution in [1.29, 1.82) is 0 Å². The van der Waals surface area contributed by atoms with Crippen molar-refractivity contribution in [2.45, 2.75) is 23.4 Å². The minimum absolute atomic E-state index is 0.854. The van der Waals surface area contributed by atoms with Gasteiger partial charge in [-0.2, -0.15) is 5.10 Å². The number of rotatable bonds is 5. The van der Waals surface area contributed by atoms with Crippen molar-refractivity contribution in [2.75, 3.05) is 6.54 Å². The molecule has 1 N–H and O–H groups in total. The quantitative estimate of drug-likeness (QED) is 0.879. The zero-order chi connectivity index (χ0) is 12.1. The number of nitrogens with zero attached hydrogens (tertiary/aromatic N) is 3. The largest absolute Gasteiger partial charge is 0.313 e. The first kappa shape index (κ1) is 12.1. The molecule has 0 bridgehead atoms. The second-order valence-electron chi connectivity index (χ2n) is 3.70. The van der Waals surface area contributed by atoms with Crippen LogP contribution < -0.4 is 5.32 Å². The van der Waals surface area contributed by atoms with E-state index in [0.717, 1.165) is 23.0 Å². The molecule has 0 amide bonds. The van der Waals surface area contributed by atoms with Gasteiger partial charge < -0.3 is 5.32 Å². The van der Waals surface area contributed by atoms with Gasteiger partial charge in [-0.15, -0.1) is 0 Å². The summed E-state index contributed by atoms with van der Waals surface area (Å²) < 4.78 is 1.80. The van der Waals surface area contributed by atoms with Gasteiger partial charge >= 0.3 is 0 Å². The molecule has 0 aliphatic carbocycles. The molecule has 5 heteroatoms. The monoisotopic (exact) mass is 248 g/mol. The van der Waals surface area contributed by atoms with Crippen LogP contribution in [0.3, 0.4) is 0 Å². The van der Waals surface area contributed by atoms with E-state index in [-0.39, 0.29) is 0 Å². The first-order valence-electron chi connectivity index (χ1n) is 5.60. The van der Waals surface area contributed by atoms with Crippen molar-refractivity contribution in [3.63, 3.8) is 0 Å². The molecule has 2 heterocycles. The minimum atomic E-state index is 0.854. The zero-order valence-electron chi connectivity index (χ0n) is 10.1. The summed E-state index contributed by atoms with van der Waals surface area (Å²) in [5.41, 5.74) is 1.23. The van der Waals surface area contributed by atoms with Crippen molar-refractivity contribution in [3.05, 3.63) is 36.3 Å². The SMILES string of the molecule is CCNCc1cccnc1Sc1cnn(C)c1. The Kier molecular flexibility index (Phi) is 4.17. The number of nitrogens with one attached hydrogen (secondary N) is 1. The molecule has 0 aliphatic rings. The highest BCUT2D eigenvalue weighted by Crippen LogP contribution is 2.27. The Hall–Kier alpha value is -1.33. The molecule has 0 fully saturated rings. The molecule has 2 aromatic rings. The van der Waals surface area contributed by atoms with Gasteiger partial charge in [0, 0.05) is 26.0 Å². The minimum Gasteiger partial charge on any atom is -0.313 e. The Bertz CT molecular complexity index is 481. The summed E-state index contributed by atoms with van der Waals surface area (Å²) in [5.74, 6) is 0. The highest BCUT2D eigenvalue weighted by Gasteiger charge is 2.06. The fourth-order valence-corrected chi connectivity index (χ4v) is 2.39. The lowest BCUT2D eigenvalue weighted by Gasteiger charge is -2.06. The normalized spacial score (nSPS) is 10.7. The van der Waals surface area contributed by atoms with E-state index in [4.69, 9.17) is 0 Å². The Morgan fingerprint density at radius 2 is 2.35 bits per heavy atom. The van der Waals surface area contributed by atoms with Gasteiger partial charge in [0.2, 0.25) is 0 Å². The van der Waals surface area contributed by atoms with Gasteiger partial charge in [0.15, 0.2) is 0 Å². The molecular weight excluding hydrogens is 232 g/mol. The second kappa shape index (κ2) is 5.84. The average Bonchev–Trinajstić information content (AvgIpc) is 2.74. The van der Waals surface area contributed by atoms with E-state index in [1.165, 1.54) is 5.56 Å². The first-order chi connectivity index (χ1) is 8.29. The molecule has 0 unspecified atom stereocenters. The van der Waals surface area contributed by atoms with Gasteiger partial charge in [-0.1, -0.05) is 24.8 Å². The van der Waals surface area contributed by atoms with E-state index < -0.39 is 0 Å². The molecule has 0 radical (unpaired) electrons. The lowest BCUT2D eigenvalue weighted by molar-refractivity contribution is 0.711. The van der Waals surface area contributed by atoms with E-state index in [9.17, 15) is 0 Å². The Labute approximate surface area is 105 Å². The van der Waals surface area contributed by atoms with Crippen LogP contribution >= 0.6 is 11.8 Å². The molecule has 17 heavy (non-hydrogen) atoms. The van der Waals surface area contributed by atoms with Crippen LogP contribution in [0.5, 0.6) is 0 Å². The van der Waals surface area contributed by atoms with Gasteiger partial charge in [-0.05, 0) is 18.2 Å². The van der Waals surface area contributed by atoms with Crippen molar-refractivity contribution in [2.24, 2.45) is 7.05 Å². The number of aromatic nitrogens is 3. The predicted octanol–water partition coefficient (Wildman–Crippen LogP) is 2.08. The number of hydrogen-bond acceptors (Lipinski definition) is 4.